The summed E-state index contributed by atoms with van der Waals surface area (Å²) in [5, 5.41) is 7.76. The molecular formula is C14H25N3O2. The maximum atomic E-state index is 12.1. The third-order valence-corrected chi connectivity index (χ3v) is 3.45. The normalized spacial score (nSPS) is 14.5. The van der Waals surface area contributed by atoms with Gasteiger partial charge >= 0.3 is 5.97 Å². The first kappa shape index (κ1) is 15.7. The maximum Gasteiger partial charge on any atom is 0.327 e. The number of nitrogens with one attached hydrogen (secondary N) is 1. The molecular weight excluding hydrogens is 242 g/mol. The Bertz CT molecular complexity index is 466. The van der Waals surface area contributed by atoms with Crippen LogP contribution in [0.5, 0.6) is 0 Å². The first-order valence-electron chi connectivity index (χ1n) is 6.58. The third kappa shape index (κ3) is 3.35. The third-order valence-electron chi connectivity index (χ3n) is 3.45. The van der Waals surface area contributed by atoms with Crippen LogP contribution >= 0.6 is 0 Å². The molecule has 0 amide bonds. The first-order valence-corrected chi connectivity index (χ1v) is 6.58. The minimum absolute atomic E-state index is 0.183. The molecule has 19 heavy (non-hydrogen) atoms. The van der Waals surface area contributed by atoms with Gasteiger partial charge in [0.1, 0.15) is 5.54 Å². The zero-order valence-electron chi connectivity index (χ0n) is 13.0. The van der Waals surface area contributed by atoms with E-state index < -0.39 is 5.54 Å². The summed E-state index contributed by atoms with van der Waals surface area (Å²) in [6, 6.07) is 0.183. The Morgan fingerprint density at radius 2 is 2.00 bits per heavy atom. The van der Waals surface area contributed by atoms with Crippen molar-refractivity contribution in [3.05, 3.63) is 17.0 Å². The van der Waals surface area contributed by atoms with E-state index in [1.165, 1.54) is 7.11 Å². The molecule has 0 saturated carbocycles. The number of carbonyl (C=O) groups excluding carboxylic acids is 1. The standard InChI is InChI=1S/C14H25N3O2/c1-9(2)15-14(6,13(18)19-7)8-17-12(5)10(3)11(4)16-17/h9,15H,8H2,1-7H3. The number of ether oxygens (including phenoxy) is 1. The number of hydrogen-bond donors (Lipinski definition) is 1. The molecule has 0 aliphatic heterocycles. The van der Waals surface area contributed by atoms with Gasteiger partial charge in [0, 0.05) is 11.7 Å². The number of aryl methyl sites for hydroxylation is 1. The molecule has 1 atom stereocenters. The van der Waals surface area contributed by atoms with Gasteiger partial charge in [-0.2, -0.15) is 5.10 Å². The number of carbonyl (C=O) groups is 1. The summed E-state index contributed by atoms with van der Waals surface area (Å²) in [5.41, 5.74) is 2.46. The fourth-order valence-corrected chi connectivity index (χ4v) is 2.27. The number of aromatic nitrogens is 2. The van der Waals surface area contributed by atoms with Crippen molar-refractivity contribution in [3.63, 3.8) is 0 Å². The Morgan fingerprint density at radius 1 is 1.42 bits per heavy atom. The summed E-state index contributed by atoms with van der Waals surface area (Å²) in [6.07, 6.45) is 0. The van der Waals surface area contributed by atoms with Gasteiger partial charge < -0.3 is 4.74 Å². The van der Waals surface area contributed by atoms with Gasteiger partial charge in [0.05, 0.1) is 19.3 Å². The van der Waals surface area contributed by atoms with Crippen LogP contribution in [-0.4, -0.2) is 34.4 Å². The minimum Gasteiger partial charge on any atom is -0.468 e. The van der Waals surface area contributed by atoms with Gasteiger partial charge in [-0.15, -0.1) is 0 Å². The molecule has 1 aromatic rings. The number of esters is 1. The van der Waals surface area contributed by atoms with E-state index in [4.69, 9.17) is 4.74 Å². The Labute approximate surface area is 115 Å². The highest BCUT2D eigenvalue weighted by Gasteiger charge is 2.36. The van der Waals surface area contributed by atoms with Crippen LogP contribution in [0.4, 0.5) is 0 Å². The zero-order valence-corrected chi connectivity index (χ0v) is 13.0. The van der Waals surface area contributed by atoms with E-state index >= 15 is 0 Å². The number of methoxy groups -OCH3 is 1. The fraction of sp³-hybridized carbons (Fsp3) is 0.714. The average Bonchev–Trinajstić information content (AvgIpc) is 2.54. The van der Waals surface area contributed by atoms with Gasteiger partial charge in [0.15, 0.2) is 0 Å². The molecule has 5 nitrogen and oxygen atoms in total. The second kappa shape index (κ2) is 5.74. The quantitative estimate of drug-likeness (QED) is 0.826. The summed E-state index contributed by atoms with van der Waals surface area (Å²) in [6.45, 7) is 12.4. The number of rotatable bonds is 5. The second-order valence-corrected chi connectivity index (χ2v) is 5.58. The SMILES string of the molecule is COC(=O)C(C)(Cn1nc(C)c(C)c1C)NC(C)C. The Hall–Kier alpha value is -1.36. The van der Waals surface area contributed by atoms with E-state index in [0.717, 1.165) is 17.0 Å². The smallest absolute Gasteiger partial charge is 0.327 e. The summed E-state index contributed by atoms with van der Waals surface area (Å²) in [7, 11) is 1.41. The van der Waals surface area contributed by atoms with Gasteiger partial charge in [-0.25, -0.2) is 4.79 Å². The summed E-state index contributed by atoms with van der Waals surface area (Å²) in [4.78, 5) is 12.1. The van der Waals surface area contributed by atoms with Crippen molar-refractivity contribution in [1.82, 2.24) is 15.1 Å². The highest BCUT2D eigenvalue weighted by atomic mass is 16.5. The van der Waals surface area contributed by atoms with Crippen molar-refractivity contribution in [2.75, 3.05) is 7.11 Å². The molecule has 1 rings (SSSR count). The largest absolute Gasteiger partial charge is 0.468 e. The van der Waals surface area contributed by atoms with Crippen molar-refractivity contribution >= 4 is 5.97 Å². The molecule has 1 N–H and O–H groups in total. The van der Waals surface area contributed by atoms with Gasteiger partial charge in [0.25, 0.3) is 0 Å². The first-order chi connectivity index (χ1) is 8.71. The van der Waals surface area contributed by atoms with Crippen LogP contribution in [0.15, 0.2) is 0 Å². The van der Waals surface area contributed by atoms with Gasteiger partial charge in [-0.3, -0.25) is 10.00 Å². The highest BCUT2D eigenvalue weighted by Crippen LogP contribution is 2.16. The lowest BCUT2D eigenvalue weighted by Crippen LogP contribution is -2.55. The monoisotopic (exact) mass is 267 g/mol. The lowest BCUT2D eigenvalue weighted by atomic mass is 10.0. The van der Waals surface area contributed by atoms with Crippen LogP contribution in [-0.2, 0) is 16.1 Å². The van der Waals surface area contributed by atoms with Gasteiger partial charge in [0.2, 0.25) is 0 Å². The van der Waals surface area contributed by atoms with Gasteiger partial charge in [-0.05, 0) is 47.1 Å². The Kier molecular flexibility index (Phi) is 4.74. The average molecular weight is 267 g/mol. The predicted octanol–water partition coefficient (Wildman–Crippen LogP) is 1.74. The highest BCUT2D eigenvalue weighted by molar-refractivity contribution is 5.80. The molecule has 108 valence electrons. The molecule has 0 aromatic carbocycles. The van der Waals surface area contributed by atoms with E-state index in [-0.39, 0.29) is 12.0 Å². The van der Waals surface area contributed by atoms with Crippen molar-refractivity contribution in [2.24, 2.45) is 0 Å². The van der Waals surface area contributed by atoms with Crippen LogP contribution < -0.4 is 5.32 Å². The van der Waals surface area contributed by atoms with E-state index in [1.807, 2.05) is 46.2 Å². The van der Waals surface area contributed by atoms with Gasteiger partial charge in [-0.1, -0.05) is 0 Å². The topological polar surface area (TPSA) is 56.2 Å². The molecule has 0 saturated heterocycles. The lowest BCUT2D eigenvalue weighted by Gasteiger charge is -2.30. The Balaban J connectivity index is 3.07. The molecule has 1 aromatic heterocycles. The van der Waals surface area contributed by atoms with E-state index in [2.05, 4.69) is 10.4 Å². The van der Waals surface area contributed by atoms with E-state index in [0.29, 0.717) is 6.54 Å². The molecule has 0 aliphatic carbocycles. The van der Waals surface area contributed by atoms with E-state index in [1.54, 1.807) is 0 Å². The molecule has 1 heterocycles. The van der Waals surface area contributed by atoms with Crippen LogP contribution in [0.1, 0.15) is 37.7 Å². The second-order valence-electron chi connectivity index (χ2n) is 5.58. The molecule has 0 aliphatic rings. The molecule has 0 bridgehead atoms. The molecule has 0 spiro atoms. The van der Waals surface area contributed by atoms with E-state index in [9.17, 15) is 4.79 Å². The van der Waals surface area contributed by atoms with Crippen LogP contribution in [0, 0.1) is 20.8 Å². The molecule has 1 unspecified atom stereocenters. The van der Waals surface area contributed by atoms with Crippen molar-refractivity contribution in [2.45, 2.75) is 59.7 Å². The molecule has 5 heteroatoms. The summed E-state index contributed by atoms with van der Waals surface area (Å²) < 4.78 is 6.79. The predicted molar refractivity (Wildman–Crippen MR) is 75.1 cm³/mol. The minimum atomic E-state index is -0.779. The number of nitrogens with zero attached hydrogens (tertiary/aromatic N) is 2. The van der Waals surface area contributed by atoms with Crippen molar-refractivity contribution < 1.29 is 9.53 Å². The summed E-state index contributed by atoms with van der Waals surface area (Å²) in [5.74, 6) is -0.272. The fourth-order valence-electron chi connectivity index (χ4n) is 2.27. The Morgan fingerprint density at radius 3 is 2.37 bits per heavy atom. The number of hydrogen-bond acceptors (Lipinski definition) is 4. The van der Waals surface area contributed by atoms with Crippen LogP contribution in [0.3, 0.4) is 0 Å². The lowest BCUT2D eigenvalue weighted by molar-refractivity contribution is -0.149. The van der Waals surface area contributed by atoms with Crippen molar-refractivity contribution in [3.8, 4) is 0 Å². The maximum absolute atomic E-state index is 12.1. The van der Waals surface area contributed by atoms with Crippen LogP contribution in [0.2, 0.25) is 0 Å². The molecule has 0 radical (unpaired) electrons. The summed E-state index contributed by atoms with van der Waals surface area (Å²) >= 11 is 0. The molecule has 0 fully saturated rings. The van der Waals surface area contributed by atoms with Crippen LogP contribution in [0.25, 0.3) is 0 Å². The zero-order chi connectivity index (χ0) is 14.8. The van der Waals surface area contributed by atoms with Crippen molar-refractivity contribution in [1.29, 1.82) is 0 Å².